The van der Waals surface area contributed by atoms with Crippen LogP contribution in [0.3, 0.4) is 0 Å². The summed E-state index contributed by atoms with van der Waals surface area (Å²) in [7, 11) is 2.11. The highest BCUT2D eigenvalue weighted by Gasteiger charge is 2.22. The normalized spacial score (nSPS) is 14.4. The van der Waals surface area contributed by atoms with Crippen molar-refractivity contribution in [2.75, 3.05) is 38.1 Å². The zero-order chi connectivity index (χ0) is 28.2. The molecule has 1 aliphatic heterocycles. The number of piperazine rings is 1. The Balaban J connectivity index is 1.55. The van der Waals surface area contributed by atoms with Crippen LogP contribution in [0.25, 0.3) is 10.9 Å². The van der Waals surface area contributed by atoms with Crippen molar-refractivity contribution >= 4 is 28.2 Å². The fraction of sp³-hybridized carbons (Fsp3) is 0.394. The van der Waals surface area contributed by atoms with Crippen molar-refractivity contribution in [1.82, 2.24) is 14.0 Å². The van der Waals surface area contributed by atoms with Gasteiger partial charge in [0.05, 0.1) is 23.1 Å². The minimum atomic E-state index is -0.290. The number of likely N-dealkylation sites (N-methyl/N-ethyl adjacent to an activating group) is 1. The van der Waals surface area contributed by atoms with E-state index in [9.17, 15) is 9.59 Å². The van der Waals surface area contributed by atoms with E-state index in [-0.39, 0.29) is 11.2 Å². The maximum atomic E-state index is 14.1. The molecule has 1 fully saturated rings. The monoisotopic (exact) mass is 558 g/mol. The van der Waals surface area contributed by atoms with Gasteiger partial charge in [0, 0.05) is 37.7 Å². The lowest BCUT2D eigenvalue weighted by atomic mass is 9.99. The Bertz CT molecular complexity index is 1580. The van der Waals surface area contributed by atoms with Gasteiger partial charge in [-0.15, -0.1) is 0 Å². The molecule has 3 aromatic carbocycles. The predicted octanol–water partition coefficient (Wildman–Crippen LogP) is 5.45. The van der Waals surface area contributed by atoms with Crippen LogP contribution >= 0.6 is 11.6 Å². The average Bonchev–Trinajstić information content (AvgIpc) is 2.93. The molecule has 0 unspecified atom stereocenters. The lowest BCUT2D eigenvalue weighted by Gasteiger charge is -2.34. The Kier molecular flexibility index (Phi) is 8.77. The number of halogens is 1. The molecule has 0 radical (unpaired) electrons. The highest BCUT2D eigenvalue weighted by molar-refractivity contribution is 6.31. The maximum absolute atomic E-state index is 14.1. The average molecular weight is 559 g/mol. The molecule has 0 N–H and O–H groups in total. The third-order valence-corrected chi connectivity index (χ3v) is 8.00. The summed E-state index contributed by atoms with van der Waals surface area (Å²) in [5.41, 5.74) is 4.45. The smallest absolute Gasteiger partial charge is 0.331 e. The third kappa shape index (κ3) is 6.34. The highest BCUT2D eigenvalue weighted by atomic mass is 35.5. The van der Waals surface area contributed by atoms with Crippen LogP contribution in [0.4, 0.5) is 5.69 Å². The summed E-state index contributed by atoms with van der Waals surface area (Å²) >= 11 is 6.63. The van der Waals surface area contributed by atoms with Gasteiger partial charge in [-0.05, 0) is 61.1 Å². The van der Waals surface area contributed by atoms with Crippen LogP contribution in [0.2, 0.25) is 5.02 Å². The van der Waals surface area contributed by atoms with Gasteiger partial charge >= 0.3 is 5.69 Å². The molecular formula is C33H39ClN4O2. The SMILES string of the molecule is CC(C)Cc1cccc(CCCn2c(=O)c3c(N4CCN(C)CC4)cc(Cl)cc3n(Cc3ccccc3)c2=O)c1. The van der Waals surface area contributed by atoms with Crippen molar-refractivity contribution < 1.29 is 0 Å². The molecule has 0 saturated carbocycles. The largest absolute Gasteiger partial charge is 0.368 e. The van der Waals surface area contributed by atoms with E-state index >= 15 is 0 Å². The molecule has 0 bridgehead atoms. The summed E-state index contributed by atoms with van der Waals surface area (Å²) in [6.07, 6.45) is 2.55. The molecule has 1 aliphatic rings. The summed E-state index contributed by atoms with van der Waals surface area (Å²) < 4.78 is 3.16. The summed E-state index contributed by atoms with van der Waals surface area (Å²) in [6, 6.07) is 22.2. The molecule has 0 atom stereocenters. The van der Waals surface area contributed by atoms with Crippen molar-refractivity contribution in [2.45, 2.75) is 46.2 Å². The maximum Gasteiger partial charge on any atom is 0.331 e. The number of hydrogen-bond donors (Lipinski definition) is 0. The van der Waals surface area contributed by atoms with Crippen LogP contribution < -0.4 is 16.1 Å². The van der Waals surface area contributed by atoms with Gasteiger partial charge in [0.1, 0.15) is 0 Å². The summed E-state index contributed by atoms with van der Waals surface area (Å²) in [5, 5.41) is 1.10. The van der Waals surface area contributed by atoms with E-state index in [1.165, 1.54) is 15.7 Å². The third-order valence-electron chi connectivity index (χ3n) is 7.78. The lowest BCUT2D eigenvalue weighted by Crippen LogP contribution is -2.46. The number of aromatic nitrogens is 2. The predicted molar refractivity (Wildman–Crippen MR) is 166 cm³/mol. The van der Waals surface area contributed by atoms with E-state index < -0.39 is 0 Å². The van der Waals surface area contributed by atoms with Gasteiger partial charge in [-0.3, -0.25) is 13.9 Å². The quantitative estimate of drug-likeness (QED) is 0.274. The van der Waals surface area contributed by atoms with Gasteiger partial charge in [-0.2, -0.15) is 0 Å². The molecule has 6 nitrogen and oxygen atoms in total. The summed E-state index contributed by atoms with van der Waals surface area (Å²) in [5.74, 6) is 0.595. The first-order chi connectivity index (χ1) is 19.3. The summed E-state index contributed by atoms with van der Waals surface area (Å²) in [6.45, 7) is 8.60. The van der Waals surface area contributed by atoms with Crippen molar-refractivity contribution in [3.63, 3.8) is 0 Å². The van der Waals surface area contributed by atoms with E-state index in [2.05, 4.69) is 55.0 Å². The molecule has 0 spiro atoms. The van der Waals surface area contributed by atoms with Crippen LogP contribution in [-0.4, -0.2) is 47.3 Å². The van der Waals surface area contributed by atoms with Crippen LogP contribution in [0, 0.1) is 5.92 Å². The summed E-state index contributed by atoms with van der Waals surface area (Å²) in [4.78, 5) is 32.5. The number of aryl methyl sites for hydroxylation is 1. The molecule has 5 rings (SSSR count). The van der Waals surface area contributed by atoms with Crippen LogP contribution in [0.15, 0.2) is 76.3 Å². The number of nitrogens with zero attached hydrogens (tertiary/aromatic N) is 4. The molecule has 210 valence electrons. The van der Waals surface area contributed by atoms with Gasteiger partial charge in [0.15, 0.2) is 0 Å². The van der Waals surface area contributed by atoms with Gasteiger partial charge in [0.25, 0.3) is 5.56 Å². The molecule has 1 saturated heterocycles. The molecular weight excluding hydrogens is 520 g/mol. The Morgan fingerprint density at radius 2 is 1.52 bits per heavy atom. The van der Waals surface area contributed by atoms with Gasteiger partial charge in [-0.1, -0.05) is 80.0 Å². The van der Waals surface area contributed by atoms with Crippen LogP contribution in [-0.2, 0) is 25.9 Å². The second-order valence-electron chi connectivity index (χ2n) is 11.4. The fourth-order valence-corrected chi connectivity index (χ4v) is 5.93. The number of rotatable bonds is 9. The minimum absolute atomic E-state index is 0.233. The van der Waals surface area contributed by atoms with Crippen molar-refractivity contribution in [1.29, 1.82) is 0 Å². The molecule has 0 amide bonds. The Morgan fingerprint density at radius 3 is 2.25 bits per heavy atom. The Hall–Kier alpha value is -3.35. The van der Waals surface area contributed by atoms with Gasteiger partial charge in [0.2, 0.25) is 0 Å². The van der Waals surface area contributed by atoms with E-state index in [1.54, 1.807) is 10.6 Å². The van der Waals surface area contributed by atoms with Crippen molar-refractivity contribution in [2.24, 2.45) is 5.92 Å². The van der Waals surface area contributed by atoms with Crippen LogP contribution in [0.5, 0.6) is 0 Å². The molecule has 7 heteroatoms. The molecule has 1 aromatic heterocycles. The van der Waals surface area contributed by atoms with Crippen molar-refractivity contribution in [3.8, 4) is 0 Å². The first-order valence-corrected chi connectivity index (χ1v) is 14.7. The van der Waals surface area contributed by atoms with Gasteiger partial charge < -0.3 is 9.80 Å². The van der Waals surface area contributed by atoms with E-state index in [4.69, 9.17) is 11.6 Å². The molecule has 4 aromatic rings. The lowest BCUT2D eigenvalue weighted by molar-refractivity contribution is 0.313. The molecule has 40 heavy (non-hydrogen) atoms. The minimum Gasteiger partial charge on any atom is -0.368 e. The zero-order valence-corrected chi connectivity index (χ0v) is 24.5. The molecule has 0 aliphatic carbocycles. The number of anilines is 1. The molecule has 2 heterocycles. The van der Waals surface area contributed by atoms with E-state index in [0.717, 1.165) is 50.3 Å². The second-order valence-corrected chi connectivity index (χ2v) is 11.9. The zero-order valence-electron chi connectivity index (χ0n) is 23.8. The fourth-order valence-electron chi connectivity index (χ4n) is 5.72. The van der Waals surface area contributed by atoms with E-state index in [0.29, 0.717) is 41.4 Å². The first-order valence-electron chi connectivity index (χ1n) is 14.3. The topological polar surface area (TPSA) is 50.5 Å². The van der Waals surface area contributed by atoms with Crippen LogP contribution in [0.1, 0.15) is 37.0 Å². The number of fused-ring (bicyclic) bond motifs is 1. The number of hydrogen-bond acceptors (Lipinski definition) is 4. The standard InChI is InChI=1S/C33H39ClN4O2/c1-24(2)19-27-12-7-11-25(20-27)13-8-14-37-32(39)31-29(36-17-15-35(3)16-18-36)21-28(34)22-30(31)38(33(37)40)23-26-9-5-4-6-10-26/h4-7,9-12,20-22,24H,8,13-19,23H2,1-3H3. The second kappa shape index (κ2) is 12.4. The number of benzene rings is 3. The van der Waals surface area contributed by atoms with Crippen molar-refractivity contribution in [3.05, 3.63) is 109 Å². The Morgan fingerprint density at radius 1 is 0.825 bits per heavy atom. The van der Waals surface area contributed by atoms with Gasteiger partial charge in [-0.25, -0.2) is 4.79 Å². The first kappa shape index (κ1) is 28.2. The highest BCUT2D eigenvalue weighted by Crippen LogP contribution is 2.29. The Labute approximate surface area is 241 Å². The van der Waals surface area contributed by atoms with E-state index in [1.807, 2.05) is 36.4 Å².